The van der Waals surface area contributed by atoms with Crippen LogP contribution in [0.5, 0.6) is 0 Å². The minimum Gasteiger partial charge on any atom is -0.354 e. The van der Waals surface area contributed by atoms with Crippen LogP contribution in [0.2, 0.25) is 0 Å². The number of aromatic nitrogens is 3. The van der Waals surface area contributed by atoms with Crippen LogP contribution in [0.1, 0.15) is 12.6 Å². The second-order valence-electron chi connectivity index (χ2n) is 7.85. The van der Waals surface area contributed by atoms with E-state index in [0.717, 1.165) is 72.3 Å². The molecule has 0 atom stereocenters. The fourth-order valence-electron chi connectivity index (χ4n) is 4.33. The van der Waals surface area contributed by atoms with Crippen molar-refractivity contribution >= 4 is 11.5 Å². The van der Waals surface area contributed by atoms with Crippen molar-refractivity contribution in [3.63, 3.8) is 0 Å². The molecule has 152 valence electrons. The quantitative estimate of drug-likeness (QED) is 0.508. The number of piperazine rings is 1. The highest BCUT2D eigenvalue weighted by molar-refractivity contribution is 5.82. The van der Waals surface area contributed by atoms with Crippen LogP contribution < -0.4 is 4.90 Å². The Morgan fingerprint density at radius 1 is 0.833 bits per heavy atom. The van der Waals surface area contributed by atoms with Gasteiger partial charge in [-0.3, -0.25) is 0 Å². The van der Waals surface area contributed by atoms with Crippen molar-refractivity contribution in [2.45, 2.75) is 13.8 Å². The van der Waals surface area contributed by atoms with Crippen molar-refractivity contribution in [2.24, 2.45) is 0 Å². The third kappa shape index (κ3) is 3.35. The number of likely N-dealkylation sites (N-methyl/N-ethyl adjacent to an activating group) is 1. The van der Waals surface area contributed by atoms with Gasteiger partial charge in [0.25, 0.3) is 0 Å². The Morgan fingerprint density at radius 3 is 2.10 bits per heavy atom. The number of fused-ring (bicyclic) bond motifs is 1. The molecular formula is C25H27N5. The number of aryl methyl sites for hydroxylation is 1. The van der Waals surface area contributed by atoms with Crippen molar-refractivity contribution in [3.05, 3.63) is 72.4 Å². The van der Waals surface area contributed by atoms with Crippen LogP contribution in [0.4, 0.5) is 5.82 Å². The number of benzene rings is 2. The Morgan fingerprint density at radius 2 is 1.47 bits per heavy atom. The van der Waals surface area contributed by atoms with E-state index in [1.165, 1.54) is 0 Å². The zero-order valence-electron chi connectivity index (χ0n) is 17.6. The molecule has 0 aliphatic carbocycles. The summed E-state index contributed by atoms with van der Waals surface area (Å²) in [5.41, 5.74) is 6.33. The largest absolute Gasteiger partial charge is 0.354 e. The van der Waals surface area contributed by atoms with Gasteiger partial charge in [0.15, 0.2) is 5.65 Å². The van der Waals surface area contributed by atoms with E-state index < -0.39 is 0 Å². The van der Waals surface area contributed by atoms with Gasteiger partial charge in [-0.2, -0.15) is 9.61 Å². The molecule has 4 aromatic rings. The first-order valence-electron chi connectivity index (χ1n) is 10.7. The number of hydrogen-bond acceptors (Lipinski definition) is 4. The molecule has 1 aliphatic rings. The van der Waals surface area contributed by atoms with E-state index in [2.05, 4.69) is 78.2 Å². The lowest BCUT2D eigenvalue weighted by molar-refractivity contribution is 0.270. The summed E-state index contributed by atoms with van der Waals surface area (Å²) >= 11 is 0. The smallest absolute Gasteiger partial charge is 0.166 e. The lowest BCUT2D eigenvalue weighted by atomic mass is 10.1. The highest BCUT2D eigenvalue weighted by Gasteiger charge is 2.23. The average Bonchev–Trinajstić information content (AvgIpc) is 3.15. The molecule has 2 aromatic heterocycles. The molecule has 1 saturated heterocycles. The van der Waals surface area contributed by atoms with Gasteiger partial charge in [0.05, 0.1) is 11.4 Å². The fourth-order valence-corrected chi connectivity index (χ4v) is 4.33. The molecule has 0 N–H and O–H groups in total. The molecule has 30 heavy (non-hydrogen) atoms. The van der Waals surface area contributed by atoms with E-state index in [4.69, 9.17) is 10.1 Å². The second-order valence-corrected chi connectivity index (χ2v) is 7.85. The molecule has 0 radical (unpaired) electrons. The fraction of sp³-hybridized carbons (Fsp3) is 0.280. The molecular weight excluding hydrogens is 370 g/mol. The molecule has 5 heteroatoms. The average molecular weight is 398 g/mol. The first-order valence-corrected chi connectivity index (χ1v) is 10.7. The van der Waals surface area contributed by atoms with Gasteiger partial charge in [0.2, 0.25) is 0 Å². The maximum Gasteiger partial charge on any atom is 0.166 e. The van der Waals surface area contributed by atoms with E-state index in [1.54, 1.807) is 0 Å². The predicted molar refractivity (Wildman–Crippen MR) is 123 cm³/mol. The summed E-state index contributed by atoms with van der Waals surface area (Å²) in [4.78, 5) is 10.0. The van der Waals surface area contributed by atoms with Crippen LogP contribution in [0.3, 0.4) is 0 Å². The summed E-state index contributed by atoms with van der Waals surface area (Å²) in [5.74, 6) is 1.12. The minimum absolute atomic E-state index is 0.924. The molecule has 0 spiro atoms. The first-order chi connectivity index (χ1) is 14.7. The summed E-state index contributed by atoms with van der Waals surface area (Å²) in [6.07, 6.45) is 0. The molecule has 3 heterocycles. The summed E-state index contributed by atoms with van der Waals surface area (Å²) in [5, 5.41) is 4.94. The minimum atomic E-state index is 0.924. The summed E-state index contributed by atoms with van der Waals surface area (Å²) in [6.45, 7) is 9.57. The van der Waals surface area contributed by atoms with Gasteiger partial charge in [-0.25, -0.2) is 4.98 Å². The second kappa shape index (κ2) is 7.92. The Bertz CT molecular complexity index is 1140. The third-order valence-electron chi connectivity index (χ3n) is 6.02. The van der Waals surface area contributed by atoms with Gasteiger partial charge in [-0.1, -0.05) is 67.6 Å². The Hall–Kier alpha value is -3.18. The number of anilines is 1. The summed E-state index contributed by atoms with van der Waals surface area (Å²) < 4.78 is 2.05. The Kier molecular flexibility index (Phi) is 4.97. The van der Waals surface area contributed by atoms with Gasteiger partial charge < -0.3 is 9.80 Å². The maximum absolute atomic E-state index is 5.09. The molecule has 0 bridgehead atoms. The zero-order valence-corrected chi connectivity index (χ0v) is 17.6. The molecule has 5 nitrogen and oxygen atoms in total. The highest BCUT2D eigenvalue weighted by Crippen LogP contribution is 2.32. The van der Waals surface area contributed by atoms with Gasteiger partial charge in [-0.05, 0) is 19.0 Å². The van der Waals surface area contributed by atoms with Gasteiger partial charge >= 0.3 is 0 Å². The molecule has 1 fully saturated rings. The maximum atomic E-state index is 5.09. The lowest BCUT2D eigenvalue weighted by Gasteiger charge is -2.35. The highest BCUT2D eigenvalue weighted by atomic mass is 15.4. The van der Waals surface area contributed by atoms with E-state index in [-0.39, 0.29) is 0 Å². The molecule has 0 saturated carbocycles. The van der Waals surface area contributed by atoms with E-state index >= 15 is 0 Å². The molecule has 0 amide bonds. The van der Waals surface area contributed by atoms with Crippen molar-refractivity contribution in [2.75, 3.05) is 37.6 Å². The standard InChI is InChI=1S/C25H27N5/c1-3-28-14-16-29(17-15-28)23-18-22(20-10-6-4-7-11-20)26-25-24(19(2)27-30(23)25)21-12-8-5-9-13-21/h4-13,18H,3,14-17H2,1-2H3. The van der Waals surface area contributed by atoms with Crippen molar-refractivity contribution in [3.8, 4) is 22.4 Å². The van der Waals surface area contributed by atoms with Crippen LogP contribution in [-0.2, 0) is 0 Å². The van der Waals surface area contributed by atoms with Crippen molar-refractivity contribution in [1.29, 1.82) is 0 Å². The van der Waals surface area contributed by atoms with Crippen molar-refractivity contribution in [1.82, 2.24) is 19.5 Å². The zero-order chi connectivity index (χ0) is 20.5. The topological polar surface area (TPSA) is 36.7 Å². The third-order valence-corrected chi connectivity index (χ3v) is 6.02. The molecule has 5 rings (SSSR count). The van der Waals surface area contributed by atoms with Crippen LogP contribution in [0.25, 0.3) is 28.0 Å². The Labute approximate surface area is 177 Å². The molecule has 1 aliphatic heterocycles. The van der Waals surface area contributed by atoms with E-state index in [1.807, 2.05) is 16.6 Å². The van der Waals surface area contributed by atoms with Gasteiger partial charge in [-0.15, -0.1) is 0 Å². The van der Waals surface area contributed by atoms with E-state index in [0.29, 0.717) is 0 Å². The van der Waals surface area contributed by atoms with Crippen LogP contribution in [0.15, 0.2) is 66.7 Å². The first kappa shape index (κ1) is 18.8. The lowest BCUT2D eigenvalue weighted by Crippen LogP contribution is -2.46. The van der Waals surface area contributed by atoms with Crippen LogP contribution in [0, 0.1) is 6.92 Å². The predicted octanol–water partition coefficient (Wildman–Crippen LogP) is 4.51. The Balaban J connectivity index is 1.70. The monoisotopic (exact) mass is 397 g/mol. The normalized spacial score (nSPS) is 15.1. The number of rotatable bonds is 4. The van der Waals surface area contributed by atoms with Crippen LogP contribution in [-0.4, -0.2) is 52.2 Å². The summed E-state index contributed by atoms with van der Waals surface area (Å²) in [6, 6.07) is 23.1. The number of nitrogens with zero attached hydrogens (tertiary/aromatic N) is 5. The summed E-state index contributed by atoms with van der Waals surface area (Å²) in [7, 11) is 0. The molecule has 2 aromatic carbocycles. The SMILES string of the molecule is CCN1CCN(c2cc(-c3ccccc3)nc3c(-c4ccccc4)c(C)nn23)CC1. The molecule has 0 unspecified atom stereocenters. The van der Waals surface area contributed by atoms with Crippen molar-refractivity contribution < 1.29 is 0 Å². The van der Waals surface area contributed by atoms with Crippen LogP contribution >= 0.6 is 0 Å². The van der Waals surface area contributed by atoms with Gasteiger partial charge in [0.1, 0.15) is 5.82 Å². The number of hydrogen-bond donors (Lipinski definition) is 0. The van der Waals surface area contributed by atoms with Gasteiger partial charge in [0, 0.05) is 43.4 Å². The van der Waals surface area contributed by atoms with E-state index in [9.17, 15) is 0 Å².